The second-order valence-corrected chi connectivity index (χ2v) is 7.80. The largest absolute Gasteiger partial charge is 0.362 e. The summed E-state index contributed by atoms with van der Waals surface area (Å²) in [6, 6.07) is 17.9. The third-order valence-corrected chi connectivity index (χ3v) is 5.90. The molecule has 0 bridgehead atoms. The minimum absolute atomic E-state index is 0.0926. The highest BCUT2D eigenvalue weighted by Gasteiger charge is 2.47. The van der Waals surface area contributed by atoms with Crippen LogP contribution in [0.15, 0.2) is 54.6 Å². The van der Waals surface area contributed by atoms with Crippen molar-refractivity contribution in [2.45, 2.75) is 31.4 Å². The SMILES string of the molecule is O=C1N(c2ccccc2)CCCCC12CN(Cc1ccccc1Cl)CCO2. The second kappa shape index (κ2) is 8.01. The molecule has 2 heterocycles. The average molecular weight is 385 g/mol. The molecule has 27 heavy (non-hydrogen) atoms. The van der Waals surface area contributed by atoms with E-state index >= 15 is 0 Å². The number of halogens is 1. The number of benzene rings is 2. The molecule has 4 nitrogen and oxygen atoms in total. The Morgan fingerprint density at radius 3 is 2.59 bits per heavy atom. The number of hydrogen-bond donors (Lipinski definition) is 0. The van der Waals surface area contributed by atoms with Gasteiger partial charge in [-0.25, -0.2) is 0 Å². The molecular weight excluding hydrogens is 360 g/mol. The first kappa shape index (κ1) is 18.5. The molecule has 2 aromatic rings. The van der Waals surface area contributed by atoms with E-state index in [0.717, 1.165) is 55.2 Å². The van der Waals surface area contributed by atoms with Gasteiger partial charge in [0.05, 0.1) is 6.61 Å². The first-order valence-electron chi connectivity index (χ1n) is 9.65. The molecule has 0 aliphatic carbocycles. The van der Waals surface area contributed by atoms with E-state index in [1.807, 2.05) is 53.4 Å². The third kappa shape index (κ3) is 3.88. The van der Waals surface area contributed by atoms with Crippen molar-refractivity contribution in [1.29, 1.82) is 0 Å². The van der Waals surface area contributed by atoms with Gasteiger partial charge in [-0.05, 0) is 43.0 Å². The van der Waals surface area contributed by atoms with E-state index < -0.39 is 5.60 Å². The van der Waals surface area contributed by atoms with Crippen LogP contribution in [-0.2, 0) is 16.1 Å². The van der Waals surface area contributed by atoms with E-state index in [9.17, 15) is 4.79 Å². The highest BCUT2D eigenvalue weighted by Crippen LogP contribution is 2.33. The highest BCUT2D eigenvalue weighted by molar-refractivity contribution is 6.31. The molecule has 1 amide bonds. The van der Waals surface area contributed by atoms with Crippen LogP contribution in [0.4, 0.5) is 5.69 Å². The van der Waals surface area contributed by atoms with Gasteiger partial charge in [0, 0.05) is 36.9 Å². The molecule has 5 heteroatoms. The molecule has 2 saturated heterocycles. The molecule has 1 spiro atoms. The normalized spacial score (nSPS) is 24.2. The standard InChI is InChI=1S/C22H25ClN2O2/c23-20-11-5-4-8-18(20)16-24-14-15-27-22(17-24)12-6-7-13-25(21(22)26)19-9-2-1-3-10-19/h1-5,8-11H,6-7,12-17H2. The van der Waals surface area contributed by atoms with Crippen LogP contribution in [0, 0.1) is 0 Å². The summed E-state index contributed by atoms with van der Waals surface area (Å²) in [6.07, 6.45) is 2.76. The zero-order valence-electron chi connectivity index (χ0n) is 15.4. The summed E-state index contributed by atoms with van der Waals surface area (Å²) in [5.74, 6) is 0.0926. The van der Waals surface area contributed by atoms with E-state index in [1.54, 1.807) is 0 Å². The molecule has 0 radical (unpaired) electrons. The topological polar surface area (TPSA) is 32.8 Å². The van der Waals surface area contributed by atoms with Gasteiger partial charge in [0.15, 0.2) is 5.60 Å². The van der Waals surface area contributed by atoms with Crippen LogP contribution in [0.25, 0.3) is 0 Å². The lowest BCUT2D eigenvalue weighted by molar-refractivity contribution is -0.158. The third-order valence-electron chi connectivity index (χ3n) is 5.53. The predicted molar refractivity (Wildman–Crippen MR) is 108 cm³/mol. The fraction of sp³-hybridized carbons (Fsp3) is 0.409. The van der Waals surface area contributed by atoms with Crippen LogP contribution in [0.1, 0.15) is 24.8 Å². The molecule has 1 atom stereocenters. The van der Waals surface area contributed by atoms with Gasteiger partial charge in [0.1, 0.15) is 0 Å². The molecule has 0 saturated carbocycles. The summed E-state index contributed by atoms with van der Waals surface area (Å²) in [5, 5.41) is 0.774. The van der Waals surface area contributed by atoms with Crippen molar-refractivity contribution in [3.63, 3.8) is 0 Å². The van der Waals surface area contributed by atoms with Crippen molar-refractivity contribution in [3.8, 4) is 0 Å². The first-order valence-corrected chi connectivity index (χ1v) is 10.0. The maximum atomic E-state index is 13.5. The lowest BCUT2D eigenvalue weighted by Gasteiger charge is -2.42. The van der Waals surface area contributed by atoms with Crippen molar-refractivity contribution < 1.29 is 9.53 Å². The van der Waals surface area contributed by atoms with Gasteiger partial charge in [-0.1, -0.05) is 48.0 Å². The molecular formula is C22H25ClN2O2. The van der Waals surface area contributed by atoms with Crippen molar-refractivity contribution in [2.75, 3.05) is 31.1 Å². The summed E-state index contributed by atoms with van der Waals surface area (Å²) < 4.78 is 6.18. The summed E-state index contributed by atoms with van der Waals surface area (Å²) in [4.78, 5) is 17.7. The van der Waals surface area contributed by atoms with Crippen LogP contribution in [0.3, 0.4) is 0 Å². The van der Waals surface area contributed by atoms with E-state index in [4.69, 9.17) is 16.3 Å². The second-order valence-electron chi connectivity index (χ2n) is 7.39. The van der Waals surface area contributed by atoms with Crippen molar-refractivity contribution in [3.05, 3.63) is 65.2 Å². The number of hydrogen-bond acceptors (Lipinski definition) is 3. The molecule has 2 aliphatic rings. The first-order chi connectivity index (χ1) is 13.2. The van der Waals surface area contributed by atoms with E-state index in [0.29, 0.717) is 13.2 Å². The molecule has 4 rings (SSSR count). The summed E-state index contributed by atoms with van der Waals surface area (Å²) in [6.45, 7) is 3.48. The maximum absolute atomic E-state index is 13.5. The summed E-state index contributed by atoms with van der Waals surface area (Å²) >= 11 is 6.35. The predicted octanol–water partition coefficient (Wildman–Crippen LogP) is 4.13. The van der Waals surface area contributed by atoms with E-state index in [1.165, 1.54) is 0 Å². The Hall–Kier alpha value is -1.88. The molecule has 2 aromatic carbocycles. The number of para-hydroxylation sites is 1. The summed E-state index contributed by atoms with van der Waals surface area (Å²) in [5.41, 5.74) is 1.29. The van der Waals surface area contributed by atoms with E-state index in [2.05, 4.69) is 11.0 Å². The zero-order valence-corrected chi connectivity index (χ0v) is 16.2. The van der Waals surface area contributed by atoms with Crippen molar-refractivity contribution in [1.82, 2.24) is 4.90 Å². The number of nitrogens with zero attached hydrogens (tertiary/aromatic N) is 2. The number of carbonyl (C=O) groups excluding carboxylic acids is 1. The fourth-order valence-corrected chi connectivity index (χ4v) is 4.32. The Morgan fingerprint density at radius 2 is 1.78 bits per heavy atom. The lowest BCUT2D eigenvalue weighted by Crippen LogP contribution is -2.59. The van der Waals surface area contributed by atoms with Crippen molar-refractivity contribution >= 4 is 23.2 Å². The van der Waals surface area contributed by atoms with Crippen LogP contribution in [-0.4, -0.2) is 42.6 Å². The number of carbonyl (C=O) groups is 1. The maximum Gasteiger partial charge on any atom is 0.260 e. The van der Waals surface area contributed by atoms with Gasteiger partial charge in [0.2, 0.25) is 0 Å². The highest BCUT2D eigenvalue weighted by atomic mass is 35.5. The number of amides is 1. The smallest absolute Gasteiger partial charge is 0.260 e. The van der Waals surface area contributed by atoms with Crippen LogP contribution < -0.4 is 4.90 Å². The summed E-state index contributed by atoms with van der Waals surface area (Å²) in [7, 11) is 0. The Labute approximate surface area is 165 Å². The average Bonchev–Trinajstić information content (AvgIpc) is 2.84. The molecule has 1 unspecified atom stereocenters. The molecule has 2 fully saturated rings. The van der Waals surface area contributed by atoms with Gasteiger partial charge < -0.3 is 9.64 Å². The fourth-order valence-electron chi connectivity index (χ4n) is 4.13. The molecule has 0 aromatic heterocycles. The quantitative estimate of drug-likeness (QED) is 0.797. The Kier molecular flexibility index (Phi) is 5.48. The van der Waals surface area contributed by atoms with Crippen LogP contribution >= 0.6 is 11.6 Å². The van der Waals surface area contributed by atoms with Gasteiger partial charge in [0.25, 0.3) is 5.91 Å². The number of anilines is 1. The van der Waals surface area contributed by atoms with Gasteiger partial charge in [-0.15, -0.1) is 0 Å². The molecule has 0 N–H and O–H groups in total. The molecule has 142 valence electrons. The number of rotatable bonds is 3. The lowest BCUT2D eigenvalue weighted by atomic mass is 9.93. The Balaban J connectivity index is 1.56. The molecule has 2 aliphatic heterocycles. The van der Waals surface area contributed by atoms with Gasteiger partial charge in [-0.3, -0.25) is 9.69 Å². The Morgan fingerprint density at radius 1 is 1.00 bits per heavy atom. The minimum Gasteiger partial charge on any atom is -0.362 e. The van der Waals surface area contributed by atoms with Crippen LogP contribution in [0.5, 0.6) is 0 Å². The Bertz CT molecular complexity index is 798. The number of morpholine rings is 1. The van der Waals surface area contributed by atoms with Crippen LogP contribution in [0.2, 0.25) is 5.02 Å². The monoisotopic (exact) mass is 384 g/mol. The van der Waals surface area contributed by atoms with Gasteiger partial charge >= 0.3 is 0 Å². The zero-order chi connectivity index (χ0) is 18.7. The van der Waals surface area contributed by atoms with Crippen molar-refractivity contribution in [2.24, 2.45) is 0 Å². The van der Waals surface area contributed by atoms with E-state index in [-0.39, 0.29) is 5.91 Å². The minimum atomic E-state index is -0.758. The number of ether oxygens (including phenoxy) is 1. The van der Waals surface area contributed by atoms with Gasteiger partial charge in [-0.2, -0.15) is 0 Å².